The first-order valence-corrected chi connectivity index (χ1v) is 7.22. The van der Waals surface area contributed by atoms with Crippen molar-refractivity contribution in [3.8, 4) is 0 Å². The van der Waals surface area contributed by atoms with Gasteiger partial charge in [0.2, 0.25) is 0 Å². The molecule has 0 saturated carbocycles. The second-order valence-electron chi connectivity index (χ2n) is 5.42. The molecule has 1 saturated heterocycles. The van der Waals surface area contributed by atoms with Crippen molar-refractivity contribution in [2.75, 3.05) is 39.4 Å². The van der Waals surface area contributed by atoms with Crippen molar-refractivity contribution in [3.05, 3.63) is 17.5 Å². The van der Waals surface area contributed by atoms with Crippen LogP contribution in [0.4, 0.5) is 0 Å². The van der Waals surface area contributed by atoms with Crippen molar-refractivity contribution in [3.63, 3.8) is 0 Å². The van der Waals surface area contributed by atoms with E-state index in [1.54, 1.807) is 0 Å². The largest absolute Gasteiger partial charge is 0.379 e. The van der Waals surface area contributed by atoms with E-state index in [0.717, 1.165) is 45.9 Å². The van der Waals surface area contributed by atoms with E-state index in [1.165, 1.54) is 11.3 Å². The van der Waals surface area contributed by atoms with Crippen molar-refractivity contribution in [2.24, 2.45) is 0 Å². The van der Waals surface area contributed by atoms with Gasteiger partial charge in [-0.15, -0.1) is 24.8 Å². The molecule has 0 atom stereocenters. The summed E-state index contributed by atoms with van der Waals surface area (Å²) in [5, 5.41) is 7.94. The van der Waals surface area contributed by atoms with Gasteiger partial charge in [-0.3, -0.25) is 9.58 Å². The molecule has 1 aliphatic rings. The van der Waals surface area contributed by atoms with Crippen LogP contribution in [-0.4, -0.2) is 54.1 Å². The number of halogens is 2. The highest BCUT2D eigenvalue weighted by Gasteiger charge is 2.10. The molecule has 0 bridgehead atoms. The van der Waals surface area contributed by atoms with E-state index in [1.807, 2.05) is 6.20 Å². The molecule has 2 rings (SSSR count). The molecule has 0 spiro atoms. The second-order valence-corrected chi connectivity index (χ2v) is 5.42. The summed E-state index contributed by atoms with van der Waals surface area (Å²) in [6.07, 6.45) is 1.98. The number of aromatic nitrogens is 2. The minimum absolute atomic E-state index is 0. The molecule has 0 aromatic carbocycles. The van der Waals surface area contributed by atoms with Gasteiger partial charge in [-0.25, -0.2) is 0 Å². The first-order chi connectivity index (χ1) is 9.18. The minimum atomic E-state index is 0. The standard InChI is InChI=1S/C14H26N4O.2ClH/c1-12(2)18-13(3)14(11-16-18)10-15-4-5-17-6-8-19-9-7-17;;/h11-12,15H,4-10H2,1-3H3;2*1H. The van der Waals surface area contributed by atoms with Crippen molar-refractivity contribution in [1.82, 2.24) is 20.0 Å². The lowest BCUT2D eigenvalue weighted by atomic mass is 10.2. The highest BCUT2D eigenvalue weighted by molar-refractivity contribution is 5.85. The Hall–Kier alpha value is -0.330. The van der Waals surface area contributed by atoms with Gasteiger partial charge < -0.3 is 10.1 Å². The molecular weight excluding hydrogens is 311 g/mol. The molecule has 0 radical (unpaired) electrons. The molecule has 1 aromatic rings. The maximum Gasteiger partial charge on any atom is 0.0594 e. The molecule has 21 heavy (non-hydrogen) atoms. The number of rotatable bonds is 6. The Balaban J connectivity index is 0.00000200. The van der Waals surface area contributed by atoms with E-state index in [0.29, 0.717) is 6.04 Å². The third-order valence-electron chi connectivity index (χ3n) is 3.66. The zero-order chi connectivity index (χ0) is 13.7. The molecule has 0 amide bonds. The van der Waals surface area contributed by atoms with E-state index in [-0.39, 0.29) is 24.8 Å². The maximum atomic E-state index is 5.34. The van der Waals surface area contributed by atoms with E-state index >= 15 is 0 Å². The van der Waals surface area contributed by atoms with Crippen molar-refractivity contribution in [1.29, 1.82) is 0 Å². The van der Waals surface area contributed by atoms with Crippen molar-refractivity contribution in [2.45, 2.75) is 33.4 Å². The topological polar surface area (TPSA) is 42.3 Å². The van der Waals surface area contributed by atoms with Crippen LogP contribution in [-0.2, 0) is 11.3 Å². The zero-order valence-corrected chi connectivity index (χ0v) is 14.8. The molecule has 1 N–H and O–H groups in total. The number of morpholine rings is 1. The predicted molar refractivity (Wildman–Crippen MR) is 90.8 cm³/mol. The first kappa shape index (κ1) is 20.7. The smallest absolute Gasteiger partial charge is 0.0594 e. The van der Waals surface area contributed by atoms with Crippen LogP contribution in [0.25, 0.3) is 0 Å². The normalized spacial score (nSPS) is 15.6. The fraction of sp³-hybridized carbons (Fsp3) is 0.786. The molecule has 1 fully saturated rings. The number of ether oxygens (including phenoxy) is 1. The lowest BCUT2D eigenvalue weighted by Crippen LogP contribution is -2.40. The molecular formula is C14H28Cl2N4O. The number of nitrogens with zero attached hydrogens (tertiary/aromatic N) is 3. The van der Waals surface area contributed by atoms with Gasteiger partial charge in [0.05, 0.1) is 19.4 Å². The predicted octanol–water partition coefficient (Wildman–Crippen LogP) is 2.04. The van der Waals surface area contributed by atoms with Gasteiger partial charge in [0, 0.05) is 50.0 Å². The molecule has 0 aliphatic carbocycles. The Morgan fingerprint density at radius 1 is 1.29 bits per heavy atom. The molecule has 124 valence electrons. The maximum absolute atomic E-state index is 5.34. The Bertz CT molecular complexity index is 392. The third-order valence-corrected chi connectivity index (χ3v) is 3.66. The van der Waals surface area contributed by atoms with Crippen molar-refractivity contribution >= 4 is 24.8 Å². The molecule has 1 aromatic heterocycles. The summed E-state index contributed by atoms with van der Waals surface area (Å²) in [5.74, 6) is 0. The fourth-order valence-electron chi connectivity index (χ4n) is 2.44. The highest BCUT2D eigenvalue weighted by Crippen LogP contribution is 2.12. The lowest BCUT2D eigenvalue weighted by molar-refractivity contribution is 0.0384. The quantitative estimate of drug-likeness (QED) is 0.806. The molecule has 2 heterocycles. The summed E-state index contributed by atoms with van der Waals surface area (Å²) in [7, 11) is 0. The van der Waals surface area contributed by atoms with E-state index in [2.05, 4.69) is 40.8 Å². The summed E-state index contributed by atoms with van der Waals surface area (Å²) >= 11 is 0. The van der Waals surface area contributed by atoms with Crippen LogP contribution in [0.3, 0.4) is 0 Å². The SMILES string of the molecule is Cc1c(CNCCN2CCOCC2)cnn1C(C)C.Cl.Cl. The molecule has 5 nitrogen and oxygen atoms in total. The first-order valence-electron chi connectivity index (χ1n) is 7.22. The summed E-state index contributed by atoms with van der Waals surface area (Å²) in [5.41, 5.74) is 2.57. The van der Waals surface area contributed by atoms with E-state index < -0.39 is 0 Å². The van der Waals surface area contributed by atoms with Crippen LogP contribution < -0.4 is 5.32 Å². The van der Waals surface area contributed by atoms with E-state index in [4.69, 9.17) is 4.74 Å². The second kappa shape index (κ2) is 10.4. The van der Waals surface area contributed by atoms with Gasteiger partial charge in [0.1, 0.15) is 0 Å². The molecule has 7 heteroatoms. The van der Waals surface area contributed by atoms with Gasteiger partial charge in [-0.2, -0.15) is 5.10 Å². The van der Waals surface area contributed by atoms with Gasteiger partial charge in [-0.1, -0.05) is 0 Å². The summed E-state index contributed by atoms with van der Waals surface area (Å²) in [4.78, 5) is 2.45. The Kier molecular flexibility index (Phi) is 10.2. The van der Waals surface area contributed by atoms with Crippen molar-refractivity contribution < 1.29 is 4.74 Å². The van der Waals surface area contributed by atoms with Gasteiger partial charge in [-0.05, 0) is 20.8 Å². The Labute approximate surface area is 140 Å². The van der Waals surface area contributed by atoms with Crippen LogP contribution >= 0.6 is 24.8 Å². The van der Waals surface area contributed by atoms with Gasteiger partial charge in [0.15, 0.2) is 0 Å². The number of hydrogen-bond acceptors (Lipinski definition) is 4. The Morgan fingerprint density at radius 3 is 2.52 bits per heavy atom. The monoisotopic (exact) mass is 338 g/mol. The molecule has 1 aliphatic heterocycles. The number of hydrogen-bond donors (Lipinski definition) is 1. The average molecular weight is 339 g/mol. The average Bonchev–Trinajstić information content (AvgIpc) is 2.77. The van der Waals surface area contributed by atoms with Crippen LogP contribution in [0, 0.1) is 6.92 Å². The summed E-state index contributed by atoms with van der Waals surface area (Å²) in [6.45, 7) is 13.4. The summed E-state index contributed by atoms with van der Waals surface area (Å²) < 4.78 is 7.43. The zero-order valence-electron chi connectivity index (χ0n) is 13.2. The van der Waals surface area contributed by atoms with E-state index in [9.17, 15) is 0 Å². The van der Waals surface area contributed by atoms with Crippen LogP contribution in [0.2, 0.25) is 0 Å². The third kappa shape index (κ3) is 6.12. The van der Waals surface area contributed by atoms with Gasteiger partial charge >= 0.3 is 0 Å². The minimum Gasteiger partial charge on any atom is -0.379 e. The van der Waals surface area contributed by atoms with Gasteiger partial charge in [0.25, 0.3) is 0 Å². The Morgan fingerprint density at radius 2 is 1.95 bits per heavy atom. The molecule has 0 unspecified atom stereocenters. The number of nitrogens with one attached hydrogen (secondary N) is 1. The fourth-order valence-corrected chi connectivity index (χ4v) is 2.44. The summed E-state index contributed by atoms with van der Waals surface area (Å²) in [6, 6.07) is 0.432. The van der Waals surface area contributed by atoms with Crippen LogP contribution in [0.15, 0.2) is 6.20 Å². The van der Waals surface area contributed by atoms with Crippen LogP contribution in [0.5, 0.6) is 0 Å². The highest BCUT2D eigenvalue weighted by atomic mass is 35.5. The lowest BCUT2D eigenvalue weighted by Gasteiger charge is -2.26. The van der Waals surface area contributed by atoms with Crippen LogP contribution in [0.1, 0.15) is 31.1 Å².